The van der Waals surface area contributed by atoms with Crippen molar-refractivity contribution in [3.63, 3.8) is 0 Å². The fraction of sp³-hybridized carbons (Fsp3) is 0.333. The highest BCUT2D eigenvalue weighted by Gasteiger charge is 2.07. The van der Waals surface area contributed by atoms with E-state index >= 15 is 0 Å². The number of rotatable bonds is 2. The van der Waals surface area contributed by atoms with Crippen LogP contribution >= 0.6 is 0 Å². The van der Waals surface area contributed by atoms with Crippen molar-refractivity contribution in [2.45, 2.75) is 13.2 Å². The summed E-state index contributed by atoms with van der Waals surface area (Å²) in [6.07, 6.45) is -0.0331. The fourth-order valence-electron chi connectivity index (χ4n) is 0.596. The first kappa shape index (κ1) is 7.06. The summed E-state index contributed by atoms with van der Waals surface area (Å²) in [5.74, 6) is 0.0144. The van der Waals surface area contributed by atoms with Gasteiger partial charge in [0.2, 0.25) is 5.76 Å². The molecule has 50 valence electrons. The van der Waals surface area contributed by atoms with Crippen molar-refractivity contribution in [3.8, 4) is 0 Å². The van der Waals surface area contributed by atoms with Crippen LogP contribution in [-0.4, -0.2) is 18.8 Å². The molecule has 0 spiro atoms. The highest BCUT2D eigenvalue weighted by Crippen LogP contribution is 2.03. The van der Waals surface area contributed by atoms with Crippen molar-refractivity contribution in [1.82, 2.24) is 5.16 Å². The summed E-state index contributed by atoms with van der Waals surface area (Å²) in [5.41, 5.74) is 0.691. The lowest BCUT2D eigenvalue weighted by atomic mass is 9.99. The third-order valence-electron chi connectivity index (χ3n) is 1.09. The lowest BCUT2D eigenvalue weighted by Gasteiger charge is -1.84. The topological polar surface area (TPSA) is 43.1 Å². The van der Waals surface area contributed by atoms with Crippen LogP contribution in [0.5, 0.6) is 0 Å². The minimum absolute atomic E-state index is 0.0331. The van der Waals surface area contributed by atoms with Crippen LogP contribution in [0.1, 0.15) is 16.2 Å². The molecule has 1 aromatic rings. The Morgan fingerprint density at radius 2 is 2.60 bits per heavy atom. The molecule has 0 N–H and O–H groups in total. The van der Waals surface area contributed by atoms with E-state index in [0.29, 0.717) is 5.69 Å². The van der Waals surface area contributed by atoms with Gasteiger partial charge in [0.1, 0.15) is 0 Å². The van der Waals surface area contributed by atoms with Gasteiger partial charge in [0.25, 0.3) is 0 Å². The second-order valence-electron chi connectivity index (χ2n) is 1.96. The van der Waals surface area contributed by atoms with Crippen LogP contribution in [0.4, 0.5) is 0 Å². The molecule has 3 nitrogen and oxygen atoms in total. The summed E-state index contributed by atoms with van der Waals surface area (Å²) in [6.45, 7) is 1.75. The molecule has 0 saturated carbocycles. The van der Waals surface area contributed by atoms with Crippen molar-refractivity contribution in [2.75, 3.05) is 0 Å². The van der Waals surface area contributed by atoms with Gasteiger partial charge >= 0.3 is 0 Å². The molecule has 0 aliphatic rings. The van der Waals surface area contributed by atoms with Crippen LogP contribution in [-0.2, 0) is 0 Å². The minimum Gasteiger partial charge on any atom is -0.353 e. The maximum atomic E-state index is 10.8. The van der Waals surface area contributed by atoms with Crippen LogP contribution in [0.25, 0.3) is 0 Å². The first-order valence-corrected chi connectivity index (χ1v) is 2.90. The van der Waals surface area contributed by atoms with Crippen molar-refractivity contribution in [2.24, 2.45) is 0 Å². The van der Waals surface area contributed by atoms with Crippen molar-refractivity contribution < 1.29 is 9.32 Å². The predicted octanol–water partition coefficient (Wildman–Crippen LogP) is 0.753. The highest BCUT2D eigenvalue weighted by molar-refractivity contribution is 6.23. The van der Waals surface area contributed by atoms with Gasteiger partial charge in [0, 0.05) is 6.07 Å². The molecule has 1 rings (SSSR count). The molecule has 1 aromatic heterocycles. The number of carbonyl (C=O) groups excluding carboxylic acids is 1. The van der Waals surface area contributed by atoms with Crippen molar-refractivity contribution in [1.29, 1.82) is 0 Å². The van der Waals surface area contributed by atoms with Gasteiger partial charge in [-0.15, -0.1) is 0 Å². The van der Waals surface area contributed by atoms with E-state index < -0.39 is 0 Å². The summed E-state index contributed by atoms with van der Waals surface area (Å²) in [4.78, 5) is 10.8. The summed E-state index contributed by atoms with van der Waals surface area (Å²) in [6, 6.07) is 1.56. The second-order valence-corrected chi connectivity index (χ2v) is 1.96. The third kappa shape index (κ3) is 1.26. The van der Waals surface area contributed by atoms with Gasteiger partial charge in [-0.3, -0.25) is 4.79 Å². The highest BCUT2D eigenvalue weighted by atomic mass is 16.5. The van der Waals surface area contributed by atoms with Crippen molar-refractivity contribution >= 4 is 13.6 Å². The van der Waals surface area contributed by atoms with Crippen LogP contribution in [0.2, 0.25) is 6.32 Å². The largest absolute Gasteiger partial charge is 0.353 e. The first-order valence-electron chi connectivity index (χ1n) is 2.90. The number of aryl methyl sites for hydroxylation is 1. The Morgan fingerprint density at radius 1 is 1.90 bits per heavy atom. The van der Waals surface area contributed by atoms with Gasteiger partial charge in [0.15, 0.2) is 5.78 Å². The normalized spacial score (nSPS) is 9.70. The number of nitrogens with zero attached hydrogens (tertiary/aromatic N) is 1. The van der Waals surface area contributed by atoms with Gasteiger partial charge in [-0.2, -0.15) is 0 Å². The van der Waals surface area contributed by atoms with E-state index in [-0.39, 0.29) is 17.9 Å². The second kappa shape index (κ2) is 2.69. The van der Waals surface area contributed by atoms with E-state index in [1.54, 1.807) is 13.0 Å². The van der Waals surface area contributed by atoms with Gasteiger partial charge in [-0.1, -0.05) is 5.16 Å². The molecule has 0 aromatic carbocycles. The Kier molecular flexibility index (Phi) is 1.90. The molecule has 2 radical (unpaired) electrons. The summed E-state index contributed by atoms with van der Waals surface area (Å²) >= 11 is 0. The summed E-state index contributed by atoms with van der Waals surface area (Å²) < 4.78 is 4.64. The Bertz CT molecular complexity index is 244. The van der Waals surface area contributed by atoms with Crippen LogP contribution < -0.4 is 0 Å². The molecule has 1 heterocycles. The molecule has 0 aliphatic carbocycles. The summed E-state index contributed by atoms with van der Waals surface area (Å²) in [5, 5.41) is 3.53. The maximum Gasteiger partial charge on any atom is 0.201 e. The molecule has 0 amide bonds. The fourth-order valence-corrected chi connectivity index (χ4v) is 0.596. The Balaban J connectivity index is 2.85. The van der Waals surface area contributed by atoms with E-state index in [1.807, 2.05) is 0 Å². The SMILES string of the molecule is [B]CC(=O)c1cc(C)no1. The Hall–Kier alpha value is -1.06. The standard InChI is InChI=1S/C6H6BNO2/c1-4-2-6(10-8-4)5(9)3-7/h2H,3H2,1H3. The van der Waals surface area contributed by atoms with E-state index in [4.69, 9.17) is 7.85 Å². The third-order valence-corrected chi connectivity index (χ3v) is 1.09. The van der Waals surface area contributed by atoms with Gasteiger partial charge in [0.05, 0.1) is 13.5 Å². The van der Waals surface area contributed by atoms with E-state index in [9.17, 15) is 4.79 Å². The summed E-state index contributed by atoms with van der Waals surface area (Å²) in [7, 11) is 5.08. The average Bonchev–Trinajstić information content (AvgIpc) is 2.34. The number of ketones is 1. The van der Waals surface area contributed by atoms with Crippen molar-refractivity contribution in [3.05, 3.63) is 17.5 Å². The number of carbonyl (C=O) groups is 1. The molecule has 0 unspecified atom stereocenters. The molecular formula is C6H6BNO2. The average molecular weight is 135 g/mol. The van der Waals surface area contributed by atoms with Crippen LogP contribution in [0.3, 0.4) is 0 Å². The molecule has 4 heteroatoms. The van der Waals surface area contributed by atoms with Gasteiger partial charge in [-0.05, 0) is 13.2 Å². The first-order chi connectivity index (χ1) is 4.74. The molecule has 0 bridgehead atoms. The lowest BCUT2D eigenvalue weighted by molar-refractivity contribution is 0.0979. The molecule has 10 heavy (non-hydrogen) atoms. The number of hydrogen-bond donors (Lipinski definition) is 0. The number of hydrogen-bond acceptors (Lipinski definition) is 3. The zero-order valence-electron chi connectivity index (χ0n) is 5.63. The smallest absolute Gasteiger partial charge is 0.201 e. The van der Waals surface area contributed by atoms with Crippen LogP contribution in [0.15, 0.2) is 10.6 Å². The molecule has 0 saturated heterocycles. The van der Waals surface area contributed by atoms with E-state index in [2.05, 4.69) is 9.68 Å². The van der Waals surface area contributed by atoms with E-state index in [0.717, 1.165) is 0 Å². The Labute approximate surface area is 59.8 Å². The van der Waals surface area contributed by atoms with Gasteiger partial charge in [-0.25, -0.2) is 0 Å². The Morgan fingerprint density at radius 3 is 3.00 bits per heavy atom. The minimum atomic E-state index is -0.222. The zero-order chi connectivity index (χ0) is 7.56. The lowest BCUT2D eigenvalue weighted by Crippen LogP contribution is -1.93. The number of aromatic nitrogens is 1. The predicted molar refractivity (Wildman–Crippen MR) is 36.1 cm³/mol. The molecule has 0 fully saturated rings. The molecular weight excluding hydrogens is 129 g/mol. The zero-order valence-corrected chi connectivity index (χ0v) is 5.63. The number of Topliss-reactive ketones (excluding diaryl/α,β-unsaturated/α-hetero) is 1. The monoisotopic (exact) mass is 135 g/mol. The maximum absolute atomic E-state index is 10.8. The quantitative estimate of drug-likeness (QED) is 0.443. The molecule has 0 atom stereocenters. The van der Waals surface area contributed by atoms with E-state index in [1.165, 1.54) is 0 Å². The van der Waals surface area contributed by atoms with Gasteiger partial charge < -0.3 is 4.52 Å². The van der Waals surface area contributed by atoms with Crippen LogP contribution in [0, 0.1) is 6.92 Å². The molecule has 0 aliphatic heterocycles.